The summed E-state index contributed by atoms with van der Waals surface area (Å²) in [6.45, 7) is 8.69. The number of fused-ring (bicyclic) bond motifs is 5. The van der Waals surface area contributed by atoms with Gasteiger partial charge in [0, 0.05) is 11.3 Å². The van der Waals surface area contributed by atoms with Gasteiger partial charge in [-0.15, -0.1) is 0 Å². The summed E-state index contributed by atoms with van der Waals surface area (Å²) in [5.74, 6) is 2.97. The Hall–Kier alpha value is -1.18. The van der Waals surface area contributed by atoms with Crippen molar-refractivity contribution in [3.63, 3.8) is 0 Å². The molecule has 0 unspecified atom stereocenters. The molecule has 2 heteroatoms. The minimum absolute atomic E-state index is 0.0673. The van der Waals surface area contributed by atoms with Crippen molar-refractivity contribution >= 4 is 11.6 Å². The van der Waals surface area contributed by atoms with E-state index < -0.39 is 0 Å². The molecule has 0 aliphatic heterocycles. The van der Waals surface area contributed by atoms with E-state index in [4.69, 9.17) is 0 Å². The van der Waals surface area contributed by atoms with E-state index in [0.717, 1.165) is 24.8 Å². The SMILES string of the molecule is CCC1=C[C@@]2(C)C(=CC1=O)CC[C@H]1[C@@H]3CC[C@H](C(C)=O)[C@@]3(C)CC[C@@H]12. The molecular formula is C23H32O2. The molecule has 0 amide bonds. The fourth-order valence-electron chi connectivity index (χ4n) is 7.32. The molecule has 0 aromatic carbocycles. The minimum atomic E-state index is 0.0673. The van der Waals surface area contributed by atoms with Gasteiger partial charge in [0.2, 0.25) is 0 Å². The number of hydrogen-bond acceptors (Lipinski definition) is 2. The fourth-order valence-corrected chi connectivity index (χ4v) is 7.32. The van der Waals surface area contributed by atoms with Crippen LogP contribution in [-0.4, -0.2) is 11.6 Å². The van der Waals surface area contributed by atoms with E-state index in [-0.39, 0.29) is 22.5 Å². The molecule has 4 rings (SSSR count). The van der Waals surface area contributed by atoms with E-state index in [2.05, 4.69) is 26.8 Å². The maximum atomic E-state index is 12.4. The van der Waals surface area contributed by atoms with Gasteiger partial charge >= 0.3 is 0 Å². The third-order valence-electron chi connectivity index (χ3n) is 8.61. The lowest BCUT2D eigenvalue weighted by Gasteiger charge is -2.57. The van der Waals surface area contributed by atoms with Crippen LogP contribution in [0.4, 0.5) is 0 Å². The van der Waals surface area contributed by atoms with E-state index in [1.54, 1.807) is 6.92 Å². The van der Waals surface area contributed by atoms with Crippen molar-refractivity contribution in [3.05, 3.63) is 23.3 Å². The van der Waals surface area contributed by atoms with Gasteiger partial charge in [0.15, 0.2) is 5.78 Å². The van der Waals surface area contributed by atoms with Crippen LogP contribution < -0.4 is 0 Å². The molecule has 2 nitrogen and oxygen atoms in total. The lowest BCUT2D eigenvalue weighted by atomic mass is 9.47. The van der Waals surface area contributed by atoms with Crippen LogP contribution in [0.3, 0.4) is 0 Å². The predicted octanol–water partition coefficient (Wildman–Crippen LogP) is 5.28. The molecule has 3 saturated carbocycles. The number of carbonyl (C=O) groups is 2. The highest BCUT2D eigenvalue weighted by Gasteiger charge is 2.59. The van der Waals surface area contributed by atoms with Gasteiger partial charge in [-0.3, -0.25) is 9.59 Å². The number of Topliss-reactive ketones (excluding diaryl/α,β-unsaturated/α-hetero) is 1. The smallest absolute Gasteiger partial charge is 0.181 e. The van der Waals surface area contributed by atoms with Crippen molar-refractivity contribution in [2.75, 3.05) is 0 Å². The average molecular weight is 341 g/mol. The largest absolute Gasteiger partial charge is 0.300 e. The summed E-state index contributed by atoms with van der Waals surface area (Å²) >= 11 is 0. The Morgan fingerprint density at radius 1 is 1.16 bits per heavy atom. The third kappa shape index (κ3) is 2.28. The lowest BCUT2D eigenvalue weighted by molar-refractivity contribution is -0.127. The van der Waals surface area contributed by atoms with Gasteiger partial charge in [0.05, 0.1) is 0 Å². The molecule has 0 aromatic heterocycles. The van der Waals surface area contributed by atoms with Crippen LogP contribution in [0.1, 0.15) is 72.6 Å². The van der Waals surface area contributed by atoms with Crippen LogP contribution in [0.15, 0.2) is 23.3 Å². The number of ketones is 2. The highest BCUT2D eigenvalue weighted by molar-refractivity contribution is 6.05. The molecule has 4 aliphatic carbocycles. The first-order valence-electron chi connectivity index (χ1n) is 10.3. The zero-order valence-corrected chi connectivity index (χ0v) is 16.2. The monoisotopic (exact) mass is 340 g/mol. The van der Waals surface area contributed by atoms with Crippen LogP contribution in [0.25, 0.3) is 0 Å². The maximum absolute atomic E-state index is 12.4. The standard InChI is InChI=1S/C23H32O2/c1-5-15-13-23(4)16(12-21(15)25)6-7-17-19-9-8-18(14(2)24)22(19,3)11-10-20(17)23/h12-13,17-20H,5-11H2,1-4H3/t17-,18+,19-,20-,22+,23-/m0/s1. The minimum Gasteiger partial charge on any atom is -0.300 e. The average Bonchev–Trinajstić information content (AvgIpc) is 2.92. The van der Waals surface area contributed by atoms with Gasteiger partial charge in [-0.1, -0.05) is 32.4 Å². The van der Waals surface area contributed by atoms with Crippen molar-refractivity contribution in [3.8, 4) is 0 Å². The second kappa shape index (κ2) is 5.66. The first-order chi connectivity index (χ1) is 11.8. The second-order valence-electron chi connectivity index (χ2n) is 9.54. The third-order valence-corrected chi connectivity index (χ3v) is 8.61. The van der Waals surface area contributed by atoms with Crippen molar-refractivity contribution in [2.45, 2.75) is 72.6 Å². The van der Waals surface area contributed by atoms with E-state index in [1.165, 1.54) is 31.3 Å². The summed E-state index contributed by atoms with van der Waals surface area (Å²) < 4.78 is 0. The molecule has 0 heterocycles. The van der Waals surface area contributed by atoms with Gasteiger partial charge in [0.25, 0.3) is 0 Å². The molecular weight excluding hydrogens is 308 g/mol. The maximum Gasteiger partial charge on any atom is 0.181 e. The first kappa shape index (κ1) is 17.2. The summed E-state index contributed by atoms with van der Waals surface area (Å²) in [4.78, 5) is 24.6. The molecule has 0 N–H and O–H groups in total. The Morgan fingerprint density at radius 2 is 1.92 bits per heavy atom. The molecule has 6 atom stereocenters. The second-order valence-corrected chi connectivity index (χ2v) is 9.54. The molecule has 25 heavy (non-hydrogen) atoms. The molecule has 0 saturated heterocycles. The Balaban J connectivity index is 1.70. The predicted molar refractivity (Wildman–Crippen MR) is 100 cm³/mol. The van der Waals surface area contributed by atoms with Gasteiger partial charge in [-0.05, 0) is 86.7 Å². The topological polar surface area (TPSA) is 34.1 Å². The van der Waals surface area contributed by atoms with Crippen LogP contribution in [0.2, 0.25) is 0 Å². The summed E-state index contributed by atoms with van der Waals surface area (Å²) in [6.07, 6.45) is 12.1. The van der Waals surface area contributed by atoms with Crippen molar-refractivity contribution in [2.24, 2.45) is 34.5 Å². The van der Waals surface area contributed by atoms with Crippen LogP contribution in [-0.2, 0) is 9.59 Å². The van der Waals surface area contributed by atoms with Gasteiger partial charge in [-0.2, -0.15) is 0 Å². The highest BCUT2D eigenvalue weighted by Crippen LogP contribution is 2.66. The van der Waals surface area contributed by atoms with E-state index in [1.807, 2.05) is 6.08 Å². The molecule has 0 aromatic rings. The van der Waals surface area contributed by atoms with Gasteiger partial charge in [0.1, 0.15) is 5.78 Å². The summed E-state index contributed by atoms with van der Waals surface area (Å²) in [5.41, 5.74) is 2.67. The number of allylic oxidation sites excluding steroid dienone is 4. The van der Waals surface area contributed by atoms with E-state index >= 15 is 0 Å². The summed E-state index contributed by atoms with van der Waals surface area (Å²) in [6, 6.07) is 0. The Morgan fingerprint density at radius 3 is 2.60 bits per heavy atom. The Kier molecular flexibility index (Phi) is 3.90. The van der Waals surface area contributed by atoms with Crippen molar-refractivity contribution in [1.82, 2.24) is 0 Å². The zero-order valence-electron chi connectivity index (χ0n) is 16.2. The molecule has 4 aliphatic rings. The fraction of sp³-hybridized carbons (Fsp3) is 0.739. The Bertz CT molecular complexity index is 684. The van der Waals surface area contributed by atoms with E-state index in [0.29, 0.717) is 23.5 Å². The number of hydrogen-bond donors (Lipinski definition) is 0. The molecule has 0 spiro atoms. The quantitative estimate of drug-likeness (QED) is 0.685. The Labute approximate surface area is 152 Å². The molecule has 3 fully saturated rings. The highest BCUT2D eigenvalue weighted by atomic mass is 16.1. The van der Waals surface area contributed by atoms with E-state index in [9.17, 15) is 9.59 Å². The number of rotatable bonds is 2. The van der Waals surface area contributed by atoms with Gasteiger partial charge < -0.3 is 0 Å². The summed E-state index contributed by atoms with van der Waals surface area (Å²) in [5, 5.41) is 0. The van der Waals surface area contributed by atoms with Crippen LogP contribution in [0, 0.1) is 34.5 Å². The van der Waals surface area contributed by atoms with Crippen LogP contribution in [0.5, 0.6) is 0 Å². The van der Waals surface area contributed by atoms with Crippen LogP contribution >= 0.6 is 0 Å². The summed E-state index contributed by atoms with van der Waals surface area (Å²) in [7, 11) is 0. The zero-order chi connectivity index (χ0) is 18.0. The molecule has 136 valence electrons. The molecule has 0 radical (unpaired) electrons. The first-order valence-corrected chi connectivity index (χ1v) is 10.3. The number of carbonyl (C=O) groups excluding carboxylic acids is 2. The lowest BCUT2D eigenvalue weighted by Crippen LogP contribution is -2.50. The normalized spacial score (nSPS) is 45.8. The van der Waals surface area contributed by atoms with Crippen molar-refractivity contribution in [1.29, 1.82) is 0 Å². The van der Waals surface area contributed by atoms with Crippen molar-refractivity contribution < 1.29 is 9.59 Å². The van der Waals surface area contributed by atoms with Gasteiger partial charge in [-0.25, -0.2) is 0 Å². The molecule has 0 bridgehead atoms.